The zero-order valence-corrected chi connectivity index (χ0v) is 22.4. The smallest absolute Gasteiger partial charge is 0.251 e. The number of aromatic nitrogens is 4. The maximum absolute atomic E-state index is 12.6. The lowest BCUT2D eigenvalue weighted by Gasteiger charge is -2.15. The van der Waals surface area contributed by atoms with Crippen molar-refractivity contribution < 1.29 is 9.59 Å². The highest BCUT2D eigenvalue weighted by atomic mass is 35.5. The van der Waals surface area contributed by atoms with Crippen LogP contribution in [0, 0.1) is 6.92 Å². The number of benzene rings is 2. The van der Waals surface area contributed by atoms with Crippen LogP contribution in [0.15, 0.2) is 59.1 Å². The molecule has 8 nitrogen and oxygen atoms in total. The van der Waals surface area contributed by atoms with Crippen molar-refractivity contribution in [2.24, 2.45) is 0 Å². The van der Waals surface area contributed by atoms with Crippen molar-refractivity contribution in [3.8, 4) is 11.3 Å². The van der Waals surface area contributed by atoms with Gasteiger partial charge in [0.2, 0.25) is 5.91 Å². The number of nitrogens with zero attached hydrogens (tertiary/aromatic N) is 4. The van der Waals surface area contributed by atoms with Crippen LogP contribution in [0.2, 0.25) is 5.02 Å². The van der Waals surface area contributed by atoms with E-state index < -0.39 is 0 Å². The molecule has 1 atom stereocenters. The lowest BCUT2D eigenvalue weighted by molar-refractivity contribution is -0.113. The van der Waals surface area contributed by atoms with Crippen molar-refractivity contribution >= 4 is 51.6 Å². The number of thiazole rings is 1. The number of nitrogens with one attached hydrogen (secondary N) is 2. The molecule has 0 radical (unpaired) electrons. The molecule has 36 heavy (non-hydrogen) atoms. The minimum Gasteiger partial charge on any atom is -0.342 e. The van der Waals surface area contributed by atoms with E-state index in [0.717, 1.165) is 16.8 Å². The van der Waals surface area contributed by atoms with Crippen molar-refractivity contribution in [2.75, 3.05) is 11.1 Å². The second kappa shape index (κ2) is 11.7. The molecule has 0 bridgehead atoms. The van der Waals surface area contributed by atoms with Gasteiger partial charge in [-0.15, -0.1) is 21.5 Å². The van der Waals surface area contributed by atoms with E-state index in [4.69, 9.17) is 11.6 Å². The number of thioether (sulfide) groups is 1. The molecular weight excluding hydrogens is 516 g/mol. The predicted molar refractivity (Wildman–Crippen MR) is 145 cm³/mol. The number of hydrogen-bond donors (Lipinski definition) is 2. The standard InChI is InChI=1S/C25H25ClN6O2S2/c1-4-32-22(16(3)27-23(34)18-7-5-15(2)6-8-18)30-31-25(32)36-14-21(33)29-24-28-20(13-35-24)17-9-11-19(26)12-10-17/h5-13,16H,4,14H2,1-3H3,(H,27,34)(H,28,29,33)/t16-/m1/s1. The molecule has 0 aliphatic rings. The van der Waals surface area contributed by atoms with E-state index in [9.17, 15) is 9.59 Å². The van der Waals surface area contributed by atoms with E-state index >= 15 is 0 Å². The van der Waals surface area contributed by atoms with Crippen molar-refractivity contribution in [2.45, 2.75) is 38.5 Å². The number of amides is 2. The highest BCUT2D eigenvalue weighted by Gasteiger charge is 2.20. The third-order valence-corrected chi connectivity index (χ3v) is 7.31. The van der Waals surface area contributed by atoms with Crippen LogP contribution in [0.5, 0.6) is 0 Å². The van der Waals surface area contributed by atoms with Gasteiger partial charge >= 0.3 is 0 Å². The van der Waals surface area contributed by atoms with Crippen molar-refractivity contribution in [1.29, 1.82) is 0 Å². The summed E-state index contributed by atoms with van der Waals surface area (Å²) in [7, 11) is 0. The van der Waals surface area contributed by atoms with Crippen LogP contribution in [0.4, 0.5) is 5.13 Å². The van der Waals surface area contributed by atoms with E-state index in [0.29, 0.717) is 33.2 Å². The van der Waals surface area contributed by atoms with E-state index in [-0.39, 0.29) is 23.6 Å². The van der Waals surface area contributed by atoms with Gasteiger partial charge in [-0.2, -0.15) is 0 Å². The van der Waals surface area contributed by atoms with Gasteiger partial charge in [0, 0.05) is 28.1 Å². The van der Waals surface area contributed by atoms with Crippen LogP contribution in [0.1, 0.15) is 41.6 Å². The largest absolute Gasteiger partial charge is 0.342 e. The summed E-state index contributed by atoms with van der Waals surface area (Å²) in [5.41, 5.74) is 3.38. The van der Waals surface area contributed by atoms with Gasteiger partial charge in [0.05, 0.1) is 17.5 Å². The molecule has 0 spiro atoms. The predicted octanol–water partition coefficient (Wildman–Crippen LogP) is 5.61. The topological polar surface area (TPSA) is 102 Å². The van der Waals surface area contributed by atoms with E-state index in [2.05, 4.69) is 25.8 Å². The van der Waals surface area contributed by atoms with Crippen molar-refractivity contribution in [3.05, 3.63) is 75.9 Å². The summed E-state index contributed by atoms with van der Waals surface area (Å²) >= 11 is 8.59. The molecule has 11 heteroatoms. The number of rotatable bonds is 9. The number of halogens is 1. The van der Waals surface area contributed by atoms with Gasteiger partial charge in [-0.25, -0.2) is 4.98 Å². The fourth-order valence-corrected chi connectivity index (χ4v) is 5.11. The lowest BCUT2D eigenvalue weighted by atomic mass is 10.1. The Labute approximate surface area is 222 Å². The summed E-state index contributed by atoms with van der Waals surface area (Å²) in [6.07, 6.45) is 0. The summed E-state index contributed by atoms with van der Waals surface area (Å²) in [5, 5.41) is 18.0. The molecule has 2 aromatic heterocycles. The Morgan fingerprint density at radius 1 is 1.11 bits per heavy atom. The number of hydrogen-bond acceptors (Lipinski definition) is 7. The number of anilines is 1. The molecule has 0 unspecified atom stereocenters. The molecule has 2 N–H and O–H groups in total. The lowest BCUT2D eigenvalue weighted by Crippen LogP contribution is -2.28. The Hall–Kier alpha value is -3.21. The van der Waals surface area contributed by atoms with E-state index in [1.165, 1.54) is 23.1 Å². The number of carbonyl (C=O) groups is 2. The first-order valence-electron chi connectivity index (χ1n) is 11.3. The maximum atomic E-state index is 12.6. The average molecular weight is 541 g/mol. The minimum atomic E-state index is -0.351. The fourth-order valence-electron chi connectivity index (χ4n) is 3.44. The van der Waals surface area contributed by atoms with Gasteiger partial charge in [0.25, 0.3) is 5.91 Å². The molecule has 186 valence electrons. The minimum absolute atomic E-state index is 0.151. The van der Waals surface area contributed by atoms with E-state index in [1.54, 1.807) is 24.3 Å². The Morgan fingerprint density at radius 3 is 2.53 bits per heavy atom. The maximum Gasteiger partial charge on any atom is 0.251 e. The second-order valence-corrected chi connectivity index (χ2v) is 10.3. The molecule has 4 rings (SSSR count). The van der Waals surface area contributed by atoms with Gasteiger partial charge in [0.15, 0.2) is 16.1 Å². The molecular formula is C25H25ClN6O2S2. The Morgan fingerprint density at radius 2 is 1.83 bits per heavy atom. The van der Waals surface area contributed by atoms with Gasteiger partial charge < -0.3 is 15.2 Å². The highest BCUT2D eigenvalue weighted by molar-refractivity contribution is 7.99. The SMILES string of the molecule is CCn1c(SCC(=O)Nc2nc(-c3ccc(Cl)cc3)cs2)nnc1[C@@H](C)NC(=O)c1ccc(C)cc1. The third kappa shape index (κ3) is 6.31. The molecule has 2 amide bonds. The van der Waals surface area contributed by atoms with Gasteiger partial charge in [-0.1, -0.05) is 53.2 Å². The van der Waals surface area contributed by atoms with Crippen molar-refractivity contribution in [3.63, 3.8) is 0 Å². The zero-order chi connectivity index (χ0) is 25.7. The van der Waals surface area contributed by atoms with Gasteiger partial charge in [-0.3, -0.25) is 9.59 Å². The molecule has 0 fully saturated rings. The first-order valence-corrected chi connectivity index (χ1v) is 13.5. The molecule has 0 aliphatic heterocycles. The number of carbonyl (C=O) groups excluding carboxylic acids is 2. The first kappa shape index (κ1) is 25.9. The zero-order valence-electron chi connectivity index (χ0n) is 20.0. The van der Waals surface area contributed by atoms with Crippen molar-refractivity contribution in [1.82, 2.24) is 25.1 Å². The number of aryl methyl sites for hydroxylation is 1. The summed E-state index contributed by atoms with van der Waals surface area (Å²) in [6, 6.07) is 14.4. The Kier molecular flexibility index (Phi) is 8.40. The molecule has 4 aromatic rings. The van der Waals surface area contributed by atoms with Crippen LogP contribution < -0.4 is 10.6 Å². The molecule has 2 heterocycles. The first-order chi connectivity index (χ1) is 17.3. The monoisotopic (exact) mass is 540 g/mol. The normalized spacial score (nSPS) is 11.8. The average Bonchev–Trinajstić information content (AvgIpc) is 3.50. The molecule has 2 aromatic carbocycles. The third-order valence-electron chi connectivity index (χ3n) is 5.33. The van der Waals surface area contributed by atoms with Crippen LogP contribution in [0.25, 0.3) is 11.3 Å². The van der Waals surface area contributed by atoms with Crippen LogP contribution >= 0.6 is 34.7 Å². The van der Waals surface area contributed by atoms with Gasteiger partial charge in [0.1, 0.15) is 0 Å². The molecule has 0 saturated carbocycles. The summed E-state index contributed by atoms with van der Waals surface area (Å²) < 4.78 is 1.90. The fraction of sp³-hybridized carbons (Fsp3) is 0.240. The summed E-state index contributed by atoms with van der Waals surface area (Å²) in [5.74, 6) is 0.416. The second-order valence-electron chi connectivity index (χ2n) is 8.03. The van der Waals surface area contributed by atoms with E-state index in [1.807, 2.05) is 55.0 Å². The van der Waals surface area contributed by atoms with Crippen LogP contribution in [0.3, 0.4) is 0 Å². The summed E-state index contributed by atoms with van der Waals surface area (Å²) in [6.45, 7) is 6.42. The Balaban J connectivity index is 1.34. The highest BCUT2D eigenvalue weighted by Crippen LogP contribution is 2.27. The van der Waals surface area contributed by atoms with Gasteiger partial charge in [-0.05, 0) is 45.0 Å². The van der Waals surface area contributed by atoms with Crippen LogP contribution in [-0.2, 0) is 11.3 Å². The Bertz CT molecular complexity index is 1350. The molecule has 0 saturated heterocycles. The quantitative estimate of drug-likeness (QED) is 0.268. The molecule has 0 aliphatic carbocycles. The summed E-state index contributed by atoms with van der Waals surface area (Å²) in [4.78, 5) is 29.6. The van der Waals surface area contributed by atoms with Crippen LogP contribution in [-0.4, -0.2) is 37.3 Å².